The smallest absolute Gasteiger partial charge is 0.270 e. The van der Waals surface area contributed by atoms with Crippen LogP contribution >= 0.6 is 0 Å². The summed E-state index contributed by atoms with van der Waals surface area (Å²) in [6.45, 7) is 1.65. The molecule has 6 heteroatoms. The first kappa shape index (κ1) is 15.4. The van der Waals surface area contributed by atoms with Crippen LogP contribution in [0.5, 0.6) is 0 Å². The van der Waals surface area contributed by atoms with Gasteiger partial charge in [0.2, 0.25) is 0 Å². The van der Waals surface area contributed by atoms with Gasteiger partial charge in [-0.1, -0.05) is 18.2 Å². The summed E-state index contributed by atoms with van der Waals surface area (Å²) < 4.78 is 0. The van der Waals surface area contributed by atoms with Gasteiger partial charge in [-0.25, -0.2) is 4.98 Å². The summed E-state index contributed by atoms with van der Waals surface area (Å²) in [6.07, 6.45) is 7.42. The molecule has 1 amide bonds. The molecule has 0 radical (unpaired) electrons. The lowest BCUT2D eigenvalue weighted by atomic mass is 9.98. The fourth-order valence-corrected chi connectivity index (χ4v) is 4.53. The Kier molecular flexibility index (Phi) is 3.62. The van der Waals surface area contributed by atoms with Gasteiger partial charge >= 0.3 is 0 Å². The number of para-hydroxylation sites is 1. The fraction of sp³-hybridized carbons (Fsp3) is 0.350. The third-order valence-corrected chi connectivity index (χ3v) is 5.80. The average molecular weight is 347 g/mol. The van der Waals surface area contributed by atoms with E-state index in [2.05, 4.69) is 20.3 Å². The van der Waals surface area contributed by atoms with Gasteiger partial charge in [0, 0.05) is 48.3 Å². The molecule has 1 aromatic carbocycles. The number of likely N-dealkylation sites (tertiary alicyclic amines) is 1. The number of hydrogen-bond donors (Lipinski definition) is 2. The molecule has 1 aliphatic carbocycles. The number of rotatable bonds is 3. The molecule has 0 bridgehead atoms. The first-order chi connectivity index (χ1) is 12.8. The van der Waals surface area contributed by atoms with Gasteiger partial charge in [0.25, 0.3) is 5.91 Å². The summed E-state index contributed by atoms with van der Waals surface area (Å²) in [6, 6.07) is 10.3. The van der Waals surface area contributed by atoms with Crippen molar-refractivity contribution in [1.29, 1.82) is 0 Å². The molecule has 0 spiro atoms. The molecule has 3 aromatic rings. The van der Waals surface area contributed by atoms with Crippen LogP contribution in [0.3, 0.4) is 0 Å². The third-order valence-electron chi connectivity index (χ3n) is 5.80. The lowest BCUT2D eigenvalue weighted by Gasteiger charge is -2.21. The Hall–Kier alpha value is -2.89. The second-order valence-electron chi connectivity index (χ2n) is 7.32. The summed E-state index contributed by atoms with van der Waals surface area (Å²) in [5, 5.41) is 4.59. The van der Waals surface area contributed by atoms with Crippen LogP contribution in [-0.4, -0.2) is 44.9 Å². The van der Waals surface area contributed by atoms with E-state index in [4.69, 9.17) is 0 Å². The van der Waals surface area contributed by atoms with Crippen molar-refractivity contribution in [2.75, 3.05) is 18.4 Å². The molecule has 1 saturated heterocycles. The molecule has 1 saturated carbocycles. The number of hydrogen-bond acceptors (Lipinski definition) is 4. The third kappa shape index (κ3) is 2.62. The highest BCUT2D eigenvalue weighted by Crippen LogP contribution is 2.39. The zero-order chi connectivity index (χ0) is 17.5. The second-order valence-corrected chi connectivity index (χ2v) is 7.32. The van der Waals surface area contributed by atoms with Crippen LogP contribution in [0.1, 0.15) is 23.3 Å². The summed E-state index contributed by atoms with van der Waals surface area (Å²) in [7, 11) is 0. The SMILES string of the molecule is O=C(c1cc2ccccc2[nH]1)N1C[C@H]2CC[C@@H](Nc3cnccn3)[C@H]2C1. The fourth-order valence-electron chi connectivity index (χ4n) is 4.53. The highest BCUT2D eigenvalue weighted by molar-refractivity contribution is 5.98. The van der Waals surface area contributed by atoms with E-state index in [9.17, 15) is 4.79 Å². The normalized spacial score (nSPS) is 24.8. The molecular weight excluding hydrogens is 326 g/mol. The van der Waals surface area contributed by atoms with Crippen LogP contribution in [0.4, 0.5) is 5.82 Å². The molecule has 2 fully saturated rings. The van der Waals surface area contributed by atoms with Crippen LogP contribution < -0.4 is 5.32 Å². The van der Waals surface area contributed by atoms with E-state index in [1.165, 1.54) is 0 Å². The van der Waals surface area contributed by atoms with E-state index in [1.807, 2.05) is 35.2 Å². The van der Waals surface area contributed by atoms with Gasteiger partial charge in [-0.05, 0) is 30.9 Å². The first-order valence-electron chi connectivity index (χ1n) is 9.17. The van der Waals surface area contributed by atoms with Gasteiger partial charge in [-0.2, -0.15) is 0 Å². The molecule has 1 aliphatic heterocycles. The van der Waals surface area contributed by atoms with Crippen molar-refractivity contribution in [1.82, 2.24) is 19.9 Å². The van der Waals surface area contributed by atoms with Crippen LogP contribution in [0.2, 0.25) is 0 Å². The van der Waals surface area contributed by atoms with Crippen molar-refractivity contribution in [2.45, 2.75) is 18.9 Å². The number of anilines is 1. The lowest BCUT2D eigenvalue weighted by molar-refractivity contribution is 0.0775. The molecule has 0 unspecified atom stereocenters. The van der Waals surface area contributed by atoms with E-state index in [1.54, 1.807) is 18.6 Å². The molecule has 5 rings (SSSR count). The Morgan fingerprint density at radius 1 is 1.19 bits per heavy atom. The molecule has 26 heavy (non-hydrogen) atoms. The molecule has 3 atom stereocenters. The predicted octanol–water partition coefficient (Wildman–Crippen LogP) is 2.92. The zero-order valence-corrected chi connectivity index (χ0v) is 14.4. The molecule has 3 heterocycles. The van der Waals surface area contributed by atoms with E-state index >= 15 is 0 Å². The number of aromatic nitrogens is 3. The van der Waals surface area contributed by atoms with Gasteiger partial charge in [0.05, 0.1) is 6.20 Å². The largest absolute Gasteiger partial charge is 0.366 e. The predicted molar refractivity (Wildman–Crippen MR) is 99.9 cm³/mol. The van der Waals surface area contributed by atoms with E-state index < -0.39 is 0 Å². The van der Waals surface area contributed by atoms with E-state index in [0.29, 0.717) is 23.6 Å². The minimum Gasteiger partial charge on any atom is -0.366 e. The highest BCUT2D eigenvalue weighted by atomic mass is 16.2. The van der Waals surface area contributed by atoms with Crippen molar-refractivity contribution in [3.8, 4) is 0 Å². The van der Waals surface area contributed by atoms with Crippen molar-refractivity contribution < 1.29 is 4.79 Å². The quantitative estimate of drug-likeness (QED) is 0.764. The topological polar surface area (TPSA) is 73.9 Å². The molecule has 132 valence electrons. The number of amides is 1. The number of benzene rings is 1. The standard InChI is InChI=1S/C20H21N5O/c26-20(18-9-13-3-1-2-4-16(13)23-18)25-11-14-5-6-17(15(14)12-25)24-19-10-21-7-8-22-19/h1-4,7-10,14-15,17,23H,5-6,11-12H2,(H,22,24)/t14-,15+,17-/m1/s1. The average Bonchev–Trinajstić information content (AvgIpc) is 3.37. The summed E-state index contributed by atoms with van der Waals surface area (Å²) >= 11 is 0. The monoisotopic (exact) mass is 347 g/mol. The first-order valence-corrected chi connectivity index (χ1v) is 9.17. The van der Waals surface area contributed by atoms with Crippen molar-refractivity contribution >= 4 is 22.6 Å². The van der Waals surface area contributed by atoms with E-state index in [0.717, 1.165) is 42.7 Å². The van der Waals surface area contributed by atoms with Gasteiger partial charge in [0.1, 0.15) is 11.5 Å². The van der Waals surface area contributed by atoms with Gasteiger partial charge in [-0.3, -0.25) is 9.78 Å². The van der Waals surface area contributed by atoms with Crippen LogP contribution in [-0.2, 0) is 0 Å². The Labute approximate surface area is 151 Å². The van der Waals surface area contributed by atoms with Gasteiger partial charge in [0.15, 0.2) is 0 Å². The minimum absolute atomic E-state index is 0.105. The number of fused-ring (bicyclic) bond motifs is 2. The van der Waals surface area contributed by atoms with Gasteiger partial charge < -0.3 is 15.2 Å². The molecule has 2 aliphatic rings. The maximum atomic E-state index is 13.0. The van der Waals surface area contributed by atoms with Crippen LogP contribution in [0, 0.1) is 11.8 Å². The lowest BCUT2D eigenvalue weighted by Crippen LogP contribution is -2.33. The molecular formula is C20H21N5O. The number of carbonyl (C=O) groups excluding carboxylic acids is 1. The van der Waals surface area contributed by atoms with Crippen molar-refractivity contribution in [3.05, 3.63) is 54.6 Å². The van der Waals surface area contributed by atoms with Gasteiger partial charge in [-0.15, -0.1) is 0 Å². The maximum absolute atomic E-state index is 13.0. The number of carbonyl (C=O) groups is 1. The number of nitrogens with one attached hydrogen (secondary N) is 2. The zero-order valence-electron chi connectivity index (χ0n) is 14.4. The Morgan fingerprint density at radius 3 is 2.96 bits per heavy atom. The summed E-state index contributed by atoms with van der Waals surface area (Å²) in [5.74, 6) is 1.97. The Bertz CT molecular complexity index is 905. The Balaban J connectivity index is 1.31. The minimum atomic E-state index is 0.105. The van der Waals surface area contributed by atoms with Crippen LogP contribution in [0.15, 0.2) is 48.9 Å². The molecule has 2 aromatic heterocycles. The Morgan fingerprint density at radius 2 is 2.12 bits per heavy atom. The van der Waals surface area contributed by atoms with E-state index in [-0.39, 0.29) is 5.91 Å². The number of nitrogens with zero attached hydrogens (tertiary/aromatic N) is 3. The molecule has 2 N–H and O–H groups in total. The van der Waals surface area contributed by atoms with Crippen molar-refractivity contribution in [3.63, 3.8) is 0 Å². The maximum Gasteiger partial charge on any atom is 0.270 e. The molecule has 6 nitrogen and oxygen atoms in total. The number of H-pyrrole nitrogens is 1. The van der Waals surface area contributed by atoms with Crippen molar-refractivity contribution in [2.24, 2.45) is 11.8 Å². The summed E-state index contributed by atoms with van der Waals surface area (Å²) in [4.78, 5) is 26.7. The second kappa shape index (κ2) is 6.12. The number of aromatic amines is 1. The van der Waals surface area contributed by atoms with Crippen LogP contribution in [0.25, 0.3) is 10.9 Å². The summed E-state index contributed by atoms with van der Waals surface area (Å²) in [5.41, 5.74) is 1.70. The highest BCUT2D eigenvalue weighted by Gasteiger charge is 2.44.